The molecule has 2 aliphatic heterocycles. The second kappa shape index (κ2) is 10.2. The molecule has 2 aromatic rings. The molecule has 2 aromatic carbocycles. The van der Waals surface area contributed by atoms with Crippen LogP contribution in [0.5, 0.6) is 23.0 Å². The van der Waals surface area contributed by atoms with Crippen molar-refractivity contribution in [1.82, 2.24) is 4.90 Å². The van der Waals surface area contributed by atoms with Crippen LogP contribution in [0.15, 0.2) is 36.1 Å². The summed E-state index contributed by atoms with van der Waals surface area (Å²) >= 11 is 0. The van der Waals surface area contributed by atoms with E-state index in [2.05, 4.69) is 4.90 Å². The molecule has 0 amide bonds. The van der Waals surface area contributed by atoms with Gasteiger partial charge in [-0.3, -0.25) is 14.5 Å². The second-order valence-corrected chi connectivity index (χ2v) is 8.29. The number of piperidine rings is 1. The van der Waals surface area contributed by atoms with Crippen molar-refractivity contribution in [3.8, 4) is 23.0 Å². The van der Waals surface area contributed by atoms with E-state index in [9.17, 15) is 14.7 Å². The number of carbonyl (C=O) groups excluding carboxylic acids is 2. The first-order valence-corrected chi connectivity index (χ1v) is 11.3. The zero-order chi connectivity index (χ0) is 24.2. The molecule has 2 aliphatic rings. The molecule has 0 bridgehead atoms. The van der Waals surface area contributed by atoms with Crippen molar-refractivity contribution >= 4 is 17.8 Å². The van der Waals surface area contributed by atoms with Gasteiger partial charge in [0, 0.05) is 12.1 Å². The third-order valence-electron chi connectivity index (χ3n) is 6.23. The molecule has 0 saturated carbocycles. The van der Waals surface area contributed by atoms with Crippen molar-refractivity contribution in [2.75, 3.05) is 33.9 Å². The molecule has 180 valence electrons. The summed E-state index contributed by atoms with van der Waals surface area (Å²) < 4.78 is 21.8. The first kappa shape index (κ1) is 23.6. The minimum absolute atomic E-state index is 0.0688. The Morgan fingerprint density at radius 3 is 2.62 bits per heavy atom. The molecule has 8 heteroatoms. The number of carbonyl (C=O) groups is 2. The summed E-state index contributed by atoms with van der Waals surface area (Å²) in [6, 6.07) is 8.39. The molecule has 0 unspecified atom stereocenters. The summed E-state index contributed by atoms with van der Waals surface area (Å²) in [5, 5.41) is 10.6. The first-order chi connectivity index (χ1) is 16.4. The van der Waals surface area contributed by atoms with Gasteiger partial charge in [0.1, 0.15) is 23.0 Å². The lowest BCUT2D eigenvalue weighted by Gasteiger charge is -2.31. The Morgan fingerprint density at radius 1 is 1.18 bits per heavy atom. The monoisotopic (exact) mass is 467 g/mol. The van der Waals surface area contributed by atoms with Gasteiger partial charge in [-0.25, -0.2) is 0 Å². The van der Waals surface area contributed by atoms with E-state index in [4.69, 9.17) is 18.9 Å². The summed E-state index contributed by atoms with van der Waals surface area (Å²) in [5.74, 6) is 1.27. The molecule has 8 nitrogen and oxygen atoms in total. The highest BCUT2D eigenvalue weighted by molar-refractivity contribution is 6.15. The van der Waals surface area contributed by atoms with Gasteiger partial charge in [0.05, 0.1) is 37.9 Å². The summed E-state index contributed by atoms with van der Waals surface area (Å²) in [6.45, 7) is 3.97. The minimum Gasteiger partial charge on any atom is -0.507 e. The fraction of sp³-hybridized carbons (Fsp3) is 0.385. The average Bonchev–Trinajstić information content (AvgIpc) is 3.16. The number of hydrogen-bond acceptors (Lipinski definition) is 8. The largest absolute Gasteiger partial charge is 0.507 e. The van der Waals surface area contributed by atoms with Crippen LogP contribution in [-0.4, -0.2) is 55.7 Å². The first-order valence-electron chi connectivity index (χ1n) is 11.3. The zero-order valence-corrected chi connectivity index (χ0v) is 19.6. The van der Waals surface area contributed by atoms with Crippen molar-refractivity contribution in [2.45, 2.75) is 26.3 Å². The van der Waals surface area contributed by atoms with Crippen LogP contribution >= 0.6 is 0 Å². The predicted molar refractivity (Wildman–Crippen MR) is 125 cm³/mol. The summed E-state index contributed by atoms with van der Waals surface area (Å²) in [5.41, 5.74) is 1.61. The quantitative estimate of drug-likeness (QED) is 0.485. The Balaban J connectivity index is 1.55. The molecule has 4 rings (SSSR count). The van der Waals surface area contributed by atoms with Crippen molar-refractivity contribution in [2.24, 2.45) is 5.92 Å². The number of Topliss-reactive ketones (excluding diaryl/α,β-unsaturated/α-hetero) is 1. The maximum absolute atomic E-state index is 13.1. The maximum Gasteiger partial charge on any atom is 0.309 e. The Labute approximate surface area is 198 Å². The van der Waals surface area contributed by atoms with E-state index in [1.165, 1.54) is 6.07 Å². The number of aromatic hydroxyl groups is 1. The molecular formula is C26H29NO7. The third kappa shape index (κ3) is 4.72. The molecular weight excluding hydrogens is 438 g/mol. The summed E-state index contributed by atoms with van der Waals surface area (Å²) in [7, 11) is 3.12. The molecule has 0 spiro atoms. The van der Waals surface area contributed by atoms with Gasteiger partial charge >= 0.3 is 5.97 Å². The molecule has 0 radical (unpaired) electrons. The van der Waals surface area contributed by atoms with Gasteiger partial charge in [0.15, 0.2) is 5.76 Å². The number of hydrogen-bond donors (Lipinski definition) is 1. The number of benzene rings is 2. The normalized spacial score (nSPS) is 17.4. The number of ketones is 1. The molecule has 1 N–H and O–H groups in total. The average molecular weight is 468 g/mol. The lowest BCUT2D eigenvalue weighted by molar-refractivity contribution is -0.149. The second-order valence-electron chi connectivity index (χ2n) is 8.29. The topological polar surface area (TPSA) is 94.5 Å². The Bertz CT molecular complexity index is 1120. The fourth-order valence-electron chi connectivity index (χ4n) is 4.35. The fourth-order valence-corrected chi connectivity index (χ4v) is 4.35. The van der Waals surface area contributed by atoms with E-state index in [0.717, 1.165) is 0 Å². The Hall–Kier alpha value is -3.52. The lowest BCUT2D eigenvalue weighted by atomic mass is 9.96. The van der Waals surface area contributed by atoms with Gasteiger partial charge in [-0.05, 0) is 69.3 Å². The maximum atomic E-state index is 13.1. The van der Waals surface area contributed by atoms with Gasteiger partial charge in [0.25, 0.3) is 0 Å². The van der Waals surface area contributed by atoms with Gasteiger partial charge in [-0.15, -0.1) is 0 Å². The molecule has 0 atom stereocenters. The number of phenolic OH excluding ortho intramolecular Hbond substituents is 1. The number of likely N-dealkylation sites (tertiary alicyclic amines) is 1. The number of methoxy groups -OCH3 is 2. The molecule has 0 aromatic heterocycles. The van der Waals surface area contributed by atoms with Crippen molar-refractivity contribution in [3.05, 3.63) is 52.8 Å². The van der Waals surface area contributed by atoms with Crippen LogP contribution in [-0.2, 0) is 16.1 Å². The summed E-state index contributed by atoms with van der Waals surface area (Å²) in [6.07, 6.45) is 3.00. The molecule has 1 fully saturated rings. The SMILES string of the molecule is CCOC(=O)C1CCN(Cc2c(O)ccc3c2O/C(=C/c2cc(OC)ccc2OC)C3=O)CC1. The number of ether oxygens (including phenoxy) is 4. The lowest BCUT2D eigenvalue weighted by Crippen LogP contribution is -2.36. The molecule has 0 aliphatic carbocycles. The minimum atomic E-state index is -0.262. The van der Waals surface area contributed by atoms with Gasteiger partial charge < -0.3 is 24.1 Å². The van der Waals surface area contributed by atoms with Crippen LogP contribution in [0.2, 0.25) is 0 Å². The Morgan fingerprint density at radius 2 is 1.94 bits per heavy atom. The molecule has 2 heterocycles. The van der Waals surface area contributed by atoms with Gasteiger partial charge in [-0.2, -0.15) is 0 Å². The third-order valence-corrected chi connectivity index (χ3v) is 6.23. The van der Waals surface area contributed by atoms with Crippen LogP contribution in [0.4, 0.5) is 0 Å². The van der Waals surface area contributed by atoms with E-state index in [0.29, 0.717) is 73.0 Å². The number of esters is 1. The van der Waals surface area contributed by atoms with Crippen LogP contribution in [0.1, 0.15) is 41.3 Å². The van der Waals surface area contributed by atoms with E-state index < -0.39 is 0 Å². The standard InChI is InChI=1S/C26H29NO7/c1-4-33-26(30)16-9-11-27(12-10-16)15-20-21(28)7-6-19-24(29)23(34-25(19)20)14-17-13-18(31-2)5-8-22(17)32-3/h5-8,13-14,16,28H,4,9-12,15H2,1-3H3/b23-14+. The zero-order valence-electron chi connectivity index (χ0n) is 19.6. The van der Waals surface area contributed by atoms with E-state index in [1.54, 1.807) is 51.5 Å². The van der Waals surface area contributed by atoms with Crippen molar-refractivity contribution in [3.63, 3.8) is 0 Å². The van der Waals surface area contributed by atoms with Crippen LogP contribution < -0.4 is 14.2 Å². The molecule has 34 heavy (non-hydrogen) atoms. The smallest absolute Gasteiger partial charge is 0.309 e. The molecule has 1 saturated heterocycles. The number of rotatable bonds is 7. The van der Waals surface area contributed by atoms with Crippen LogP contribution in [0.3, 0.4) is 0 Å². The van der Waals surface area contributed by atoms with E-state index in [-0.39, 0.29) is 29.2 Å². The van der Waals surface area contributed by atoms with Gasteiger partial charge in [-0.1, -0.05) is 0 Å². The highest BCUT2D eigenvalue weighted by atomic mass is 16.5. The number of nitrogens with zero attached hydrogens (tertiary/aromatic N) is 1. The highest BCUT2D eigenvalue weighted by Gasteiger charge is 2.33. The summed E-state index contributed by atoms with van der Waals surface area (Å²) in [4.78, 5) is 27.2. The van der Waals surface area contributed by atoms with Gasteiger partial charge in [0.2, 0.25) is 5.78 Å². The van der Waals surface area contributed by atoms with E-state index >= 15 is 0 Å². The Kier molecular flexibility index (Phi) is 7.07. The van der Waals surface area contributed by atoms with Crippen molar-refractivity contribution in [1.29, 1.82) is 0 Å². The van der Waals surface area contributed by atoms with E-state index in [1.807, 2.05) is 0 Å². The van der Waals surface area contributed by atoms with Crippen LogP contribution in [0, 0.1) is 5.92 Å². The number of phenols is 1. The van der Waals surface area contributed by atoms with Crippen molar-refractivity contribution < 1.29 is 33.6 Å². The number of allylic oxidation sites excluding steroid dienone is 1. The highest BCUT2D eigenvalue weighted by Crippen LogP contribution is 2.41. The predicted octanol–water partition coefficient (Wildman–Crippen LogP) is 3.80. The number of fused-ring (bicyclic) bond motifs is 1. The van der Waals surface area contributed by atoms with Crippen LogP contribution in [0.25, 0.3) is 6.08 Å².